The zero-order valence-electron chi connectivity index (χ0n) is 15.8. The molecule has 0 aliphatic heterocycles. The van der Waals surface area contributed by atoms with Crippen LogP contribution in [0.1, 0.15) is 25.1 Å². The monoisotopic (exact) mass is 399 g/mol. The van der Waals surface area contributed by atoms with Gasteiger partial charge in [-0.15, -0.1) is 0 Å². The van der Waals surface area contributed by atoms with Crippen LogP contribution >= 0.6 is 0 Å². The molecule has 146 valence electrons. The topological polar surface area (TPSA) is 101 Å². The van der Waals surface area contributed by atoms with Gasteiger partial charge in [0, 0.05) is 12.6 Å². The molecule has 3 aromatic rings. The minimum Gasteiger partial charge on any atom is -0.337 e. The summed E-state index contributed by atoms with van der Waals surface area (Å²) >= 11 is 0. The number of aromatic nitrogens is 1. The Balaban J connectivity index is 2.08. The number of amides is 1. The fraction of sp³-hybridized carbons (Fsp3) is 0.200. The molecule has 3 rings (SSSR count). The number of benzene rings is 2. The largest absolute Gasteiger partial charge is 0.337 e. The van der Waals surface area contributed by atoms with Gasteiger partial charge in [-0.1, -0.05) is 42.4 Å². The molecule has 1 aromatic heterocycles. The molecule has 2 aromatic carbocycles. The summed E-state index contributed by atoms with van der Waals surface area (Å²) in [5, 5.41) is 6.60. The van der Waals surface area contributed by atoms with E-state index >= 15 is 0 Å². The highest BCUT2D eigenvalue weighted by molar-refractivity contribution is 7.92. The second-order valence-electron chi connectivity index (χ2n) is 6.32. The number of anilines is 2. The van der Waals surface area contributed by atoms with E-state index in [9.17, 15) is 13.2 Å². The summed E-state index contributed by atoms with van der Waals surface area (Å²) in [7, 11) is -3.80. The highest BCUT2D eigenvalue weighted by atomic mass is 32.2. The molecule has 1 amide bonds. The van der Waals surface area contributed by atoms with Crippen LogP contribution in [0.15, 0.2) is 57.9 Å². The predicted molar refractivity (Wildman–Crippen MR) is 108 cm³/mol. The second-order valence-corrected chi connectivity index (χ2v) is 7.97. The van der Waals surface area contributed by atoms with Crippen LogP contribution in [-0.2, 0) is 21.2 Å². The zero-order valence-corrected chi connectivity index (χ0v) is 16.6. The molecule has 0 bridgehead atoms. The van der Waals surface area contributed by atoms with Crippen molar-refractivity contribution in [2.24, 2.45) is 0 Å². The van der Waals surface area contributed by atoms with Crippen molar-refractivity contribution in [1.29, 1.82) is 0 Å². The lowest BCUT2D eigenvalue weighted by Gasteiger charge is -2.12. The minimum absolute atomic E-state index is 0.144. The van der Waals surface area contributed by atoms with E-state index in [-0.39, 0.29) is 16.7 Å². The zero-order chi connectivity index (χ0) is 20.3. The minimum atomic E-state index is -3.80. The van der Waals surface area contributed by atoms with Gasteiger partial charge in [0.05, 0.1) is 16.2 Å². The Kier molecular flexibility index (Phi) is 5.51. The van der Waals surface area contributed by atoms with E-state index < -0.39 is 10.0 Å². The summed E-state index contributed by atoms with van der Waals surface area (Å²) in [4.78, 5) is 11.6. The highest BCUT2D eigenvalue weighted by Crippen LogP contribution is 2.34. The first kappa shape index (κ1) is 19.6. The maximum absolute atomic E-state index is 12.9. The molecule has 0 atom stereocenters. The Bertz CT molecular complexity index is 1110. The average molecular weight is 399 g/mol. The summed E-state index contributed by atoms with van der Waals surface area (Å²) in [6.07, 6.45) is 0.566. The van der Waals surface area contributed by atoms with Gasteiger partial charge >= 0.3 is 0 Å². The van der Waals surface area contributed by atoms with E-state index in [1.54, 1.807) is 49.4 Å². The predicted octanol–water partition coefficient (Wildman–Crippen LogP) is 3.97. The summed E-state index contributed by atoms with van der Waals surface area (Å²) in [5.74, 6) is -0.0988. The van der Waals surface area contributed by atoms with Crippen LogP contribution in [0.2, 0.25) is 0 Å². The molecule has 28 heavy (non-hydrogen) atoms. The third-order valence-electron chi connectivity index (χ3n) is 4.18. The lowest BCUT2D eigenvalue weighted by atomic mass is 10.0. The molecule has 0 unspecified atom stereocenters. The molecule has 0 aliphatic rings. The smallest absolute Gasteiger partial charge is 0.262 e. The molecule has 0 fully saturated rings. The molecule has 0 saturated carbocycles. The van der Waals surface area contributed by atoms with Gasteiger partial charge in [0.15, 0.2) is 0 Å². The van der Waals surface area contributed by atoms with Gasteiger partial charge in [-0.25, -0.2) is 8.42 Å². The maximum Gasteiger partial charge on any atom is 0.262 e. The molecular weight excluding hydrogens is 378 g/mol. The number of sulfonamides is 1. The fourth-order valence-corrected chi connectivity index (χ4v) is 4.20. The molecule has 8 heteroatoms. The quantitative estimate of drug-likeness (QED) is 0.653. The van der Waals surface area contributed by atoms with Crippen molar-refractivity contribution in [3.05, 3.63) is 59.8 Å². The van der Waals surface area contributed by atoms with E-state index in [2.05, 4.69) is 15.2 Å². The van der Waals surface area contributed by atoms with Crippen LogP contribution in [0.5, 0.6) is 0 Å². The Labute approximate surface area is 163 Å². The number of aryl methyl sites for hydroxylation is 2. The van der Waals surface area contributed by atoms with Gasteiger partial charge in [0.2, 0.25) is 11.8 Å². The molecule has 1 heterocycles. The van der Waals surface area contributed by atoms with Gasteiger partial charge in [0.1, 0.15) is 0 Å². The second kappa shape index (κ2) is 7.85. The van der Waals surface area contributed by atoms with E-state index in [1.807, 2.05) is 13.0 Å². The van der Waals surface area contributed by atoms with Crippen molar-refractivity contribution < 1.29 is 17.7 Å². The number of nitrogens with zero attached hydrogens (tertiary/aromatic N) is 1. The molecule has 0 saturated heterocycles. The van der Waals surface area contributed by atoms with Crippen molar-refractivity contribution >= 4 is 27.5 Å². The fourth-order valence-electron chi connectivity index (χ4n) is 2.87. The first-order valence-electron chi connectivity index (χ1n) is 8.77. The van der Waals surface area contributed by atoms with Gasteiger partial charge in [-0.3, -0.25) is 14.8 Å². The van der Waals surface area contributed by atoms with E-state index in [0.717, 1.165) is 0 Å². The van der Waals surface area contributed by atoms with Crippen molar-refractivity contribution in [2.45, 2.75) is 32.1 Å². The Morgan fingerprint density at radius 3 is 2.50 bits per heavy atom. The van der Waals surface area contributed by atoms with E-state index in [4.69, 9.17) is 4.52 Å². The third-order valence-corrected chi connectivity index (χ3v) is 5.70. The summed E-state index contributed by atoms with van der Waals surface area (Å²) in [6, 6.07) is 13.8. The number of carbonyl (C=O) groups is 1. The van der Waals surface area contributed by atoms with Crippen LogP contribution < -0.4 is 10.0 Å². The maximum atomic E-state index is 12.9. The van der Waals surface area contributed by atoms with Crippen LogP contribution in [0.3, 0.4) is 0 Å². The normalized spacial score (nSPS) is 11.2. The summed E-state index contributed by atoms with van der Waals surface area (Å²) in [6.45, 7) is 5.00. The van der Waals surface area contributed by atoms with Crippen LogP contribution in [0.25, 0.3) is 11.1 Å². The lowest BCUT2D eigenvalue weighted by molar-refractivity contribution is -0.114. The summed E-state index contributed by atoms with van der Waals surface area (Å²) in [5.41, 5.74) is 2.88. The number of hydrogen-bond donors (Lipinski definition) is 2. The van der Waals surface area contributed by atoms with Crippen molar-refractivity contribution in [3.8, 4) is 11.1 Å². The van der Waals surface area contributed by atoms with Crippen LogP contribution in [-0.4, -0.2) is 19.5 Å². The number of hydrogen-bond acceptors (Lipinski definition) is 5. The Morgan fingerprint density at radius 1 is 1.14 bits per heavy atom. The third kappa shape index (κ3) is 4.07. The standard InChI is InChI=1S/C20H21N3O4S/c1-4-17-19(20(27-22-17)21-14(3)24)15-11-10-13(2)18(12-15)28(25,26)23-16-8-6-5-7-9-16/h5-12,23H,4H2,1-3H3,(H,21,24). The van der Waals surface area contributed by atoms with Gasteiger partial charge < -0.3 is 4.52 Å². The lowest BCUT2D eigenvalue weighted by Crippen LogP contribution is -2.14. The van der Waals surface area contributed by atoms with Crippen molar-refractivity contribution in [1.82, 2.24) is 5.16 Å². The Hall–Kier alpha value is -3.13. The van der Waals surface area contributed by atoms with Crippen LogP contribution in [0.4, 0.5) is 11.6 Å². The van der Waals surface area contributed by atoms with Crippen LogP contribution in [0, 0.1) is 6.92 Å². The number of nitrogens with one attached hydrogen (secondary N) is 2. The van der Waals surface area contributed by atoms with Gasteiger partial charge in [-0.05, 0) is 42.7 Å². The molecule has 0 radical (unpaired) electrons. The van der Waals surface area contributed by atoms with E-state index in [1.165, 1.54) is 6.92 Å². The summed E-state index contributed by atoms with van der Waals surface area (Å²) < 4.78 is 33.7. The van der Waals surface area contributed by atoms with Gasteiger partial charge in [0.25, 0.3) is 10.0 Å². The van der Waals surface area contributed by atoms with Gasteiger partial charge in [-0.2, -0.15) is 0 Å². The Morgan fingerprint density at radius 2 is 1.86 bits per heavy atom. The van der Waals surface area contributed by atoms with Crippen molar-refractivity contribution in [3.63, 3.8) is 0 Å². The van der Waals surface area contributed by atoms with Crippen molar-refractivity contribution in [2.75, 3.05) is 10.0 Å². The SMILES string of the molecule is CCc1noc(NC(C)=O)c1-c1ccc(C)c(S(=O)(=O)Nc2ccccc2)c1. The molecule has 0 aliphatic carbocycles. The molecular formula is C20H21N3O4S. The first-order valence-corrected chi connectivity index (χ1v) is 10.2. The molecule has 7 nitrogen and oxygen atoms in total. The highest BCUT2D eigenvalue weighted by Gasteiger charge is 2.22. The molecule has 2 N–H and O–H groups in total. The molecule has 0 spiro atoms. The average Bonchev–Trinajstić information content (AvgIpc) is 3.04. The first-order chi connectivity index (χ1) is 13.3. The number of rotatable bonds is 6. The van der Waals surface area contributed by atoms with E-state index in [0.29, 0.717) is 34.5 Å². The number of carbonyl (C=O) groups excluding carboxylic acids is 1. The number of para-hydroxylation sites is 1.